The summed E-state index contributed by atoms with van der Waals surface area (Å²) in [5.41, 5.74) is 1.04. The van der Waals surface area contributed by atoms with Crippen LogP contribution in [0.2, 0.25) is 0 Å². The summed E-state index contributed by atoms with van der Waals surface area (Å²) >= 11 is 0. The topological polar surface area (TPSA) is 51.8 Å². The summed E-state index contributed by atoms with van der Waals surface area (Å²) in [6.45, 7) is 0. The quantitative estimate of drug-likeness (QED) is 0.505. The van der Waals surface area contributed by atoms with E-state index < -0.39 is 0 Å². The predicted octanol–water partition coefficient (Wildman–Crippen LogP) is 0.418. The van der Waals surface area contributed by atoms with Crippen LogP contribution in [-0.2, 0) is 0 Å². The highest BCUT2D eigenvalue weighted by molar-refractivity contribution is 5.64. The van der Waals surface area contributed by atoms with Crippen LogP contribution in [0.25, 0.3) is 11.2 Å². The Hall–Kier alpha value is -1.45. The van der Waals surface area contributed by atoms with E-state index in [-0.39, 0.29) is 0 Å². The molecule has 0 aliphatic carbocycles. The molecule has 43 valence electrons. The molecular weight excluding hydrogens is 118 g/mol. The third-order valence-electron chi connectivity index (χ3n) is 0.952. The zero-order valence-electron chi connectivity index (χ0n) is 4.40. The van der Waals surface area contributed by atoms with Crippen LogP contribution in [-0.4, -0.2) is 15.0 Å². The van der Waals surface area contributed by atoms with Crippen molar-refractivity contribution in [1.82, 2.24) is 15.0 Å². The third-order valence-corrected chi connectivity index (χ3v) is 0.952. The molecule has 0 saturated heterocycles. The van der Waals surface area contributed by atoms with Crippen molar-refractivity contribution in [3.8, 4) is 0 Å². The number of hydrogen-bond acceptors (Lipinski definition) is 4. The fourth-order valence-electron chi connectivity index (χ4n) is 0.580. The zero-order chi connectivity index (χ0) is 6.10. The SMILES string of the molecule is [c]1ncnc2ocnc12. The minimum absolute atomic E-state index is 0.477. The smallest absolute Gasteiger partial charge is 0.250 e. The van der Waals surface area contributed by atoms with Crippen molar-refractivity contribution >= 4 is 11.2 Å². The molecule has 0 fully saturated rings. The molecule has 0 aromatic carbocycles. The maximum atomic E-state index is 4.82. The van der Waals surface area contributed by atoms with E-state index in [0.717, 1.165) is 0 Å². The van der Waals surface area contributed by atoms with E-state index in [4.69, 9.17) is 4.42 Å². The summed E-state index contributed by atoms with van der Waals surface area (Å²) < 4.78 is 4.82. The van der Waals surface area contributed by atoms with E-state index in [0.29, 0.717) is 11.2 Å². The van der Waals surface area contributed by atoms with E-state index in [1.165, 1.54) is 12.7 Å². The van der Waals surface area contributed by atoms with Crippen molar-refractivity contribution in [3.63, 3.8) is 0 Å². The van der Waals surface area contributed by atoms with Crippen LogP contribution in [0.15, 0.2) is 17.1 Å². The maximum Gasteiger partial charge on any atom is 0.250 e. The van der Waals surface area contributed by atoms with E-state index in [1.54, 1.807) is 0 Å². The average molecular weight is 120 g/mol. The molecule has 2 rings (SSSR count). The van der Waals surface area contributed by atoms with Crippen LogP contribution in [0.3, 0.4) is 0 Å². The molecule has 0 aliphatic heterocycles. The monoisotopic (exact) mass is 120 g/mol. The highest BCUT2D eigenvalue weighted by Gasteiger charge is 1.95. The van der Waals surface area contributed by atoms with Crippen LogP contribution >= 0.6 is 0 Å². The zero-order valence-corrected chi connectivity index (χ0v) is 4.40. The van der Waals surface area contributed by atoms with Crippen LogP contribution in [0.4, 0.5) is 0 Å². The number of fused-ring (bicyclic) bond motifs is 1. The highest BCUT2D eigenvalue weighted by Crippen LogP contribution is 2.02. The van der Waals surface area contributed by atoms with Gasteiger partial charge in [-0.05, 0) is 0 Å². The van der Waals surface area contributed by atoms with Gasteiger partial charge in [0.2, 0.25) is 5.71 Å². The predicted molar refractivity (Wildman–Crippen MR) is 28.4 cm³/mol. The van der Waals surface area contributed by atoms with Crippen LogP contribution in [0, 0.1) is 6.20 Å². The van der Waals surface area contributed by atoms with E-state index in [2.05, 4.69) is 21.1 Å². The summed E-state index contributed by atoms with van der Waals surface area (Å²) in [7, 11) is 0. The third kappa shape index (κ3) is 0.561. The molecular formula is C5H2N3O. The minimum Gasteiger partial charge on any atom is -0.425 e. The molecule has 0 bridgehead atoms. The Kier molecular flexibility index (Phi) is 0.745. The van der Waals surface area contributed by atoms with E-state index in [1.807, 2.05) is 0 Å². The summed E-state index contributed by atoms with van der Waals surface area (Å²) in [5.74, 6) is 0. The molecule has 9 heavy (non-hydrogen) atoms. The minimum atomic E-state index is 0.477. The molecule has 0 amide bonds. The van der Waals surface area contributed by atoms with Crippen molar-refractivity contribution in [2.45, 2.75) is 0 Å². The van der Waals surface area contributed by atoms with Gasteiger partial charge in [-0.3, -0.25) is 0 Å². The molecule has 2 aromatic rings. The van der Waals surface area contributed by atoms with Gasteiger partial charge < -0.3 is 4.42 Å². The molecule has 2 aromatic heterocycles. The highest BCUT2D eigenvalue weighted by atomic mass is 16.3. The summed E-state index contributed by atoms with van der Waals surface area (Å²) in [6, 6.07) is 0. The normalized spacial score (nSPS) is 10.2. The second kappa shape index (κ2) is 1.51. The fourth-order valence-corrected chi connectivity index (χ4v) is 0.580. The summed E-state index contributed by atoms with van der Waals surface area (Å²) in [5, 5.41) is 0. The summed E-state index contributed by atoms with van der Waals surface area (Å²) in [4.78, 5) is 11.2. The first-order chi connectivity index (χ1) is 4.47. The molecule has 1 radical (unpaired) electrons. The lowest BCUT2D eigenvalue weighted by Crippen LogP contribution is -1.75. The number of hydrogen-bond donors (Lipinski definition) is 0. The van der Waals surface area contributed by atoms with Crippen molar-refractivity contribution < 1.29 is 4.42 Å². The number of rotatable bonds is 0. The molecule has 0 spiro atoms. The standard InChI is InChI=1S/C5H2N3O/c1-4-5(7-2-6-1)9-3-8-4/h2-3H. The Morgan fingerprint density at radius 2 is 2.44 bits per heavy atom. The molecule has 4 heteroatoms. The lowest BCUT2D eigenvalue weighted by Gasteiger charge is -1.77. The number of aromatic nitrogens is 3. The van der Waals surface area contributed by atoms with Gasteiger partial charge in [0.15, 0.2) is 11.9 Å². The van der Waals surface area contributed by atoms with Gasteiger partial charge in [0, 0.05) is 0 Å². The largest absolute Gasteiger partial charge is 0.425 e. The second-order valence-corrected chi connectivity index (χ2v) is 1.49. The lowest BCUT2D eigenvalue weighted by atomic mass is 10.6. The van der Waals surface area contributed by atoms with Crippen molar-refractivity contribution in [2.75, 3.05) is 0 Å². The Morgan fingerprint density at radius 1 is 1.44 bits per heavy atom. The maximum absolute atomic E-state index is 4.82. The molecule has 0 N–H and O–H groups in total. The first-order valence-electron chi connectivity index (χ1n) is 2.39. The van der Waals surface area contributed by atoms with Gasteiger partial charge in [0.05, 0.1) is 0 Å². The van der Waals surface area contributed by atoms with Gasteiger partial charge in [0.1, 0.15) is 12.5 Å². The van der Waals surface area contributed by atoms with Gasteiger partial charge in [-0.25, -0.2) is 9.97 Å². The van der Waals surface area contributed by atoms with Gasteiger partial charge in [-0.15, -0.1) is 0 Å². The molecule has 2 heterocycles. The van der Waals surface area contributed by atoms with Crippen LogP contribution in [0.5, 0.6) is 0 Å². The molecule has 0 aliphatic rings. The van der Waals surface area contributed by atoms with Gasteiger partial charge >= 0.3 is 0 Å². The number of oxazole rings is 1. The fraction of sp³-hybridized carbons (Fsp3) is 0. The van der Waals surface area contributed by atoms with Gasteiger partial charge in [-0.2, -0.15) is 4.98 Å². The van der Waals surface area contributed by atoms with Crippen LogP contribution < -0.4 is 0 Å². The number of nitrogens with zero attached hydrogens (tertiary/aromatic N) is 3. The Balaban J connectivity index is 2.95. The van der Waals surface area contributed by atoms with Gasteiger partial charge in [0.25, 0.3) is 0 Å². The summed E-state index contributed by atoms with van der Waals surface area (Å²) in [6.07, 6.45) is 5.30. The molecule has 0 atom stereocenters. The first kappa shape index (κ1) is 4.43. The molecule has 0 saturated carbocycles. The van der Waals surface area contributed by atoms with E-state index >= 15 is 0 Å². The Morgan fingerprint density at radius 3 is 3.33 bits per heavy atom. The Bertz CT molecular complexity index is 286. The molecule has 4 nitrogen and oxygen atoms in total. The lowest BCUT2D eigenvalue weighted by molar-refractivity contribution is 0.590. The van der Waals surface area contributed by atoms with Crippen LogP contribution in [0.1, 0.15) is 0 Å². The average Bonchev–Trinajstić information content (AvgIpc) is 2.33. The Labute approximate surface area is 50.6 Å². The molecule has 0 unspecified atom stereocenters. The van der Waals surface area contributed by atoms with Crippen molar-refractivity contribution in [1.29, 1.82) is 0 Å². The first-order valence-corrected chi connectivity index (χ1v) is 2.39. The van der Waals surface area contributed by atoms with Crippen molar-refractivity contribution in [3.05, 3.63) is 18.9 Å². The van der Waals surface area contributed by atoms with Gasteiger partial charge in [-0.1, -0.05) is 0 Å². The van der Waals surface area contributed by atoms with Crippen molar-refractivity contribution in [2.24, 2.45) is 0 Å². The van der Waals surface area contributed by atoms with E-state index in [9.17, 15) is 0 Å². The second-order valence-electron chi connectivity index (χ2n) is 1.49.